The number of aryl methyl sites for hydroxylation is 2. The Balaban J connectivity index is 1.65. The van der Waals surface area contributed by atoms with E-state index in [9.17, 15) is 5.11 Å². The number of ether oxygens (including phenoxy) is 1. The summed E-state index contributed by atoms with van der Waals surface area (Å²) in [6, 6.07) is 3.90. The number of benzene rings is 1. The summed E-state index contributed by atoms with van der Waals surface area (Å²) in [5, 5.41) is 13.4. The van der Waals surface area contributed by atoms with Crippen LogP contribution in [0.15, 0.2) is 24.5 Å². The zero-order valence-electron chi connectivity index (χ0n) is 15.0. The maximum absolute atomic E-state index is 9.98. The van der Waals surface area contributed by atoms with E-state index in [-0.39, 0.29) is 0 Å². The van der Waals surface area contributed by atoms with Gasteiger partial charge in [-0.1, -0.05) is 0 Å². The number of anilines is 1. The molecule has 0 spiro atoms. The quantitative estimate of drug-likeness (QED) is 0.787. The van der Waals surface area contributed by atoms with Crippen molar-refractivity contribution in [1.82, 2.24) is 14.9 Å². The third kappa shape index (κ3) is 4.46. The summed E-state index contributed by atoms with van der Waals surface area (Å²) < 4.78 is 5.37. The molecule has 0 amide bonds. The van der Waals surface area contributed by atoms with Crippen molar-refractivity contribution in [2.75, 3.05) is 44.7 Å². The third-order valence-electron chi connectivity index (χ3n) is 4.51. The molecule has 0 bridgehead atoms. The SMILES string of the molecule is Cc1cc(-c2nccnc2NCCCN2CCOCC2)cc(C)c1O. The molecule has 2 N–H and O–H groups in total. The predicted molar refractivity (Wildman–Crippen MR) is 99.0 cm³/mol. The number of aromatic nitrogens is 2. The van der Waals surface area contributed by atoms with E-state index in [1.165, 1.54) is 0 Å². The summed E-state index contributed by atoms with van der Waals surface area (Å²) in [5.41, 5.74) is 3.48. The number of phenols is 1. The lowest BCUT2D eigenvalue weighted by Crippen LogP contribution is -2.37. The molecule has 2 aromatic rings. The number of phenolic OH excluding ortho intramolecular Hbond substituents is 1. The first kappa shape index (κ1) is 17.6. The molecule has 134 valence electrons. The molecule has 1 aliphatic heterocycles. The highest BCUT2D eigenvalue weighted by molar-refractivity contribution is 5.73. The van der Waals surface area contributed by atoms with E-state index in [1.54, 1.807) is 12.4 Å². The van der Waals surface area contributed by atoms with Gasteiger partial charge in [-0.3, -0.25) is 9.88 Å². The van der Waals surface area contributed by atoms with Gasteiger partial charge in [-0.15, -0.1) is 0 Å². The molecule has 1 aromatic heterocycles. The minimum atomic E-state index is 0.340. The Morgan fingerprint density at radius 3 is 2.52 bits per heavy atom. The van der Waals surface area contributed by atoms with E-state index < -0.39 is 0 Å². The number of morpholine rings is 1. The Labute approximate surface area is 148 Å². The zero-order valence-corrected chi connectivity index (χ0v) is 15.0. The number of rotatable bonds is 6. The Hall–Kier alpha value is -2.18. The molecule has 0 radical (unpaired) electrons. The number of hydrogen-bond acceptors (Lipinski definition) is 6. The fourth-order valence-electron chi connectivity index (χ4n) is 3.11. The summed E-state index contributed by atoms with van der Waals surface area (Å²) in [6.07, 6.45) is 4.45. The molecule has 1 aromatic carbocycles. The van der Waals surface area contributed by atoms with Crippen molar-refractivity contribution in [3.05, 3.63) is 35.7 Å². The van der Waals surface area contributed by atoms with E-state index in [4.69, 9.17) is 4.74 Å². The van der Waals surface area contributed by atoms with Crippen LogP contribution in [0.5, 0.6) is 5.75 Å². The maximum atomic E-state index is 9.98. The molecule has 1 aliphatic rings. The first-order chi connectivity index (χ1) is 12.1. The first-order valence-electron chi connectivity index (χ1n) is 8.80. The first-order valence-corrected chi connectivity index (χ1v) is 8.80. The van der Waals surface area contributed by atoms with E-state index in [2.05, 4.69) is 20.2 Å². The number of aromatic hydroxyl groups is 1. The molecular formula is C19H26N4O2. The van der Waals surface area contributed by atoms with E-state index in [0.717, 1.165) is 74.0 Å². The molecule has 2 heterocycles. The van der Waals surface area contributed by atoms with Crippen molar-refractivity contribution in [3.63, 3.8) is 0 Å². The highest BCUT2D eigenvalue weighted by Gasteiger charge is 2.12. The van der Waals surface area contributed by atoms with Crippen LogP contribution in [0.1, 0.15) is 17.5 Å². The summed E-state index contributed by atoms with van der Waals surface area (Å²) in [6.45, 7) is 9.41. The fourth-order valence-corrected chi connectivity index (χ4v) is 3.11. The molecule has 0 saturated carbocycles. The molecule has 6 heteroatoms. The molecule has 6 nitrogen and oxygen atoms in total. The second kappa shape index (κ2) is 8.27. The van der Waals surface area contributed by atoms with Gasteiger partial charge in [0.1, 0.15) is 11.4 Å². The molecular weight excluding hydrogens is 316 g/mol. The average Bonchev–Trinajstić information content (AvgIpc) is 2.64. The summed E-state index contributed by atoms with van der Waals surface area (Å²) in [7, 11) is 0. The van der Waals surface area contributed by atoms with Gasteiger partial charge < -0.3 is 15.2 Å². The lowest BCUT2D eigenvalue weighted by atomic mass is 10.0. The van der Waals surface area contributed by atoms with Gasteiger partial charge in [0.05, 0.1) is 13.2 Å². The molecule has 25 heavy (non-hydrogen) atoms. The average molecular weight is 342 g/mol. The zero-order chi connectivity index (χ0) is 17.6. The smallest absolute Gasteiger partial charge is 0.152 e. The van der Waals surface area contributed by atoms with Gasteiger partial charge in [0.2, 0.25) is 0 Å². The van der Waals surface area contributed by atoms with Gasteiger partial charge in [-0.2, -0.15) is 0 Å². The van der Waals surface area contributed by atoms with Crippen LogP contribution < -0.4 is 5.32 Å². The highest BCUT2D eigenvalue weighted by Crippen LogP contribution is 2.30. The van der Waals surface area contributed by atoms with Gasteiger partial charge >= 0.3 is 0 Å². The Kier molecular flexibility index (Phi) is 5.83. The number of nitrogens with zero attached hydrogens (tertiary/aromatic N) is 3. The Morgan fingerprint density at radius 2 is 1.80 bits per heavy atom. The normalized spacial score (nSPS) is 15.3. The van der Waals surface area contributed by atoms with Crippen molar-refractivity contribution in [2.45, 2.75) is 20.3 Å². The molecule has 0 atom stereocenters. The standard InChI is InChI=1S/C19H26N4O2/c1-14-12-16(13-15(2)18(14)24)17-19(22-6-5-20-17)21-4-3-7-23-8-10-25-11-9-23/h5-6,12-13,24H,3-4,7-11H2,1-2H3,(H,21,22). The van der Waals surface area contributed by atoms with Crippen LogP contribution in [-0.4, -0.2) is 59.4 Å². The van der Waals surface area contributed by atoms with Gasteiger partial charge in [-0.25, -0.2) is 4.98 Å². The van der Waals surface area contributed by atoms with Crippen LogP contribution in [0.4, 0.5) is 5.82 Å². The van der Waals surface area contributed by atoms with Gasteiger partial charge in [0.25, 0.3) is 0 Å². The van der Waals surface area contributed by atoms with E-state index >= 15 is 0 Å². The minimum Gasteiger partial charge on any atom is -0.507 e. The maximum Gasteiger partial charge on any atom is 0.152 e. The predicted octanol–water partition coefficient (Wildman–Crippen LogP) is 2.60. The van der Waals surface area contributed by atoms with E-state index in [1.807, 2.05) is 26.0 Å². The van der Waals surface area contributed by atoms with Crippen molar-refractivity contribution in [3.8, 4) is 17.0 Å². The van der Waals surface area contributed by atoms with Crippen LogP contribution in [-0.2, 0) is 4.74 Å². The molecule has 1 fully saturated rings. The van der Waals surface area contributed by atoms with Crippen LogP contribution >= 0.6 is 0 Å². The van der Waals surface area contributed by atoms with Crippen LogP contribution in [0, 0.1) is 13.8 Å². The van der Waals surface area contributed by atoms with Crippen molar-refractivity contribution in [1.29, 1.82) is 0 Å². The molecule has 0 unspecified atom stereocenters. The summed E-state index contributed by atoms with van der Waals surface area (Å²) >= 11 is 0. The Morgan fingerprint density at radius 1 is 1.12 bits per heavy atom. The molecule has 0 aliphatic carbocycles. The highest BCUT2D eigenvalue weighted by atomic mass is 16.5. The monoisotopic (exact) mass is 342 g/mol. The third-order valence-corrected chi connectivity index (χ3v) is 4.51. The second-order valence-electron chi connectivity index (χ2n) is 6.45. The van der Waals surface area contributed by atoms with Crippen LogP contribution in [0.3, 0.4) is 0 Å². The van der Waals surface area contributed by atoms with Gasteiger partial charge in [0, 0.05) is 37.6 Å². The fraction of sp³-hybridized carbons (Fsp3) is 0.474. The lowest BCUT2D eigenvalue weighted by molar-refractivity contribution is 0.0378. The van der Waals surface area contributed by atoms with Crippen LogP contribution in [0.2, 0.25) is 0 Å². The van der Waals surface area contributed by atoms with Gasteiger partial charge in [0.15, 0.2) is 5.82 Å². The summed E-state index contributed by atoms with van der Waals surface area (Å²) in [5.74, 6) is 1.13. The second-order valence-corrected chi connectivity index (χ2v) is 6.45. The number of hydrogen-bond donors (Lipinski definition) is 2. The Bertz CT molecular complexity index is 691. The molecule has 3 rings (SSSR count). The van der Waals surface area contributed by atoms with Crippen molar-refractivity contribution < 1.29 is 9.84 Å². The minimum absolute atomic E-state index is 0.340. The van der Waals surface area contributed by atoms with Crippen molar-refractivity contribution in [2.24, 2.45) is 0 Å². The number of nitrogens with one attached hydrogen (secondary N) is 1. The van der Waals surface area contributed by atoms with E-state index in [0.29, 0.717) is 5.75 Å². The van der Waals surface area contributed by atoms with Crippen molar-refractivity contribution >= 4 is 5.82 Å². The lowest BCUT2D eigenvalue weighted by Gasteiger charge is -2.26. The largest absolute Gasteiger partial charge is 0.507 e. The topological polar surface area (TPSA) is 70.5 Å². The van der Waals surface area contributed by atoms with Crippen LogP contribution in [0.25, 0.3) is 11.3 Å². The summed E-state index contributed by atoms with van der Waals surface area (Å²) in [4.78, 5) is 11.4. The van der Waals surface area contributed by atoms with Gasteiger partial charge in [-0.05, 0) is 50.1 Å². The molecule has 1 saturated heterocycles.